The number of carbonyl (C=O) groups is 1. The second-order valence-electron chi connectivity index (χ2n) is 4.63. The number of nitrogens with one attached hydrogen (secondary N) is 2. The maximum atomic E-state index is 11.7. The number of urea groups is 1. The first-order valence-corrected chi connectivity index (χ1v) is 6.51. The van der Waals surface area contributed by atoms with E-state index in [-0.39, 0.29) is 6.03 Å². The fourth-order valence-corrected chi connectivity index (χ4v) is 2.04. The minimum atomic E-state index is -0.198. The van der Waals surface area contributed by atoms with Crippen molar-refractivity contribution in [2.75, 3.05) is 44.7 Å². The van der Waals surface area contributed by atoms with Gasteiger partial charge in [0.05, 0.1) is 18.9 Å². The molecule has 1 aromatic rings. The summed E-state index contributed by atoms with van der Waals surface area (Å²) in [5, 5.41) is 9.79. The molecule has 2 rings (SSSR count). The van der Waals surface area contributed by atoms with E-state index in [0.29, 0.717) is 12.4 Å². The van der Waals surface area contributed by atoms with Gasteiger partial charge in [-0.1, -0.05) is 0 Å². The monoisotopic (exact) mass is 267 g/mol. The second kappa shape index (κ2) is 6.53. The van der Waals surface area contributed by atoms with Crippen molar-refractivity contribution in [3.8, 4) is 0 Å². The maximum Gasteiger partial charge on any atom is 0.320 e. The van der Waals surface area contributed by atoms with Gasteiger partial charge in [0, 0.05) is 39.3 Å². The van der Waals surface area contributed by atoms with Crippen LogP contribution in [0.15, 0.2) is 6.07 Å². The standard InChI is InChI=1S/C12H21N5O2/c1-10-9-11(16(2)15-10)14-12(18)13-3-4-17-5-7-19-8-6-17/h9H,3-8H2,1-2H3,(H2,13,14,18). The van der Waals surface area contributed by atoms with Crippen LogP contribution in [0.3, 0.4) is 0 Å². The van der Waals surface area contributed by atoms with Gasteiger partial charge in [0.2, 0.25) is 0 Å². The summed E-state index contributed by atoms with van der Waals surface area (Å²) >= 11 is 0. The van der Waals surface area contributed by atoms with Gasteiger partial charge in [-0.2, -0.15) is 5.10 Å². The van der Waals surface area contributed by atoms with Crippen LogP contribution < -0.4 is 10.6 Å². The zero-order valence-electron chi connectivity index (χ0n) is 11.5. The molecule has 2 amide bonds. The third kappa shape index (κ3) is 4.22. The molecule has 1 saturated heterocycles. The molecule has 1 fully saturated rings. The highest BCUT2D eigenvalue weighted by Gasteiger charge is 2.10. The molecule has 1 aromatic heterocycles. The Morgan fingerprint density at radius 3 is 2.84 bits per heavy atom. The summed E-state index contributed by atoms with van der Waals surface area (Å²) in [6.45, 7) is 6.79. The molecule has 0 saturated carbocycles. The van der Waals surface area contributed by atoms with E-state index in [0.717, 1.165) is 38.5 Å². The SMILES string of the molecule is Cc1cc(NC(=O)NCCN2CCOCC2)n(C)n1. The Bertz CT molecular complexity index is 426. The van der Waals surface area contributed by atoms with Gasteiger partial charge in [-0.3, -0.25) is 14.9 Å². The van der Waals surface area contributed by atoms with Gasteiger partial charge < -0.3 is 10.1 Å². The van der Waals surface area contributed by atoms with E-state index in [4.69, 9.17) is 4.74 Å². The Hall–Kier alpha value is -1.60. The van der Waals surface area contributed by atoms with Gasteiger partial charge in [-0.25, -0.2) is 4.79 Å². The molecule has 19 heavy (non-hydrogen) atoms. The molecular weight excluding hydrogens is 246 g/mol. The number of nitrogens with zero attached hydrogens (tertiary/aromatic N) is 3. The van der Waals surface area contributed by atoms with Crippen molar-refractivity contribution in [3.05, 3.63) is 11.8 Å². The molecule has 0 aromatic carbocycles. The predicted octanol–water partition coefficient (Wildman–Crippen LogP) is 0.182. The highest BCUT2D eigenvalue weighted by molar-refractivity contribution is 5.88. The number of hydrogen-bond donors (Lipinski definition) is 2. The third-order valence-electron chi connectivity index (χ3n) is 3.06. The summed E-state index contributed by atoms with van der Waals surface area (Å²) in [7, 11) is 1.80. The number of morpholine rings is 1. The topological polar surface area (TPSA) is 71.4 Å². The average Bonchev–Trinajstić information content (AvgIpc) is 2.69. The predicted molar refractivity (Wildman–Crippen MR) is 72.2 cm³/mol. The summed E-state index contributed by atoms with van der Waals surface area (Å²) < 4.78 is 6.92. The van der Waals surface area contributed by atoms with Crippen LogP contribution in [-0.4, -0.2) is 60.1 Å². The Morgan fingerprint density at radius 1 is 1.47 bits per heavy atom. The van der Waals surface area contributed by atoms with E-state index in [1.54, 1.807) is 11.7 Å². The minimum Gasteiger partial charge on any atom is -0.379 e. The normalized spacial score (nSPS) is 16.3. The first-order chi connectivity index (χ1) is 9.15. The summed E-state index contributed by atoms with van der Waals surface area (Å²) in [6, 6.07) is 1.64. The van der Waals surface area contributed by atoms with Crippen molar-refractivity contribution in [3.63, 3.8) is 0 Å². The van der Waals surface area contributed by atoms with Gasteiger partial charge in [0.25, 0.3) is 0 Å². The third-order valence-corrected chi connectivity index (χ3v) is 3.06. The largest absolute Gasteiger partial charge is 0.379 e. The van der Waals surface area contributed by atoms with Crippen LogP contribution in [0.5, 0.6) is 0 Å². The van der Waals surface area contributed by atoms with E-state index in [1.807, 2.05) is 13.0 Å². The molecule has 0 bridgehead atoms. The average molecular weight is 267 g/mol. The van der Waals surface area contributed by atoms with Crippen molar-refractivity contribution in [2.45, 2.75) is 6.92 Å². The number of hydrogen-bond acceptors (Lipinski definition) is 4. The van der Waals surface area contributed by atoms with E-state index in [1.165, 1.54) is 0 Å². The van der Waals surface area contributed by atoms with Crippen LogP contribution >= 0.6 is 0 Å². The lowest BCUT2D eigenvalue weighted by Gasteiger charge is -2.26. The molecule has 0 spiro atoms. The minimum absolute atomic E-state index is 0.198. The molecule has 2 N–H and O–H groups in total. The molecule has 0 radical (unpaired) electrons. The van der Waals surface area contributed by atoms with Crippen LogP contribution in [0.1, 0.15) is 5.69 Å². The Kier molecular flexibility index (Phi) is 4.75. The van der Waals surface area contributed by atoms with Crippen molar-refractivity contribution < 1.29 is 9.53 Å². The smallest absolute Gasteiger partial charge is 0.320 e. The molecule has 0 aliphatic carbocycles. The lowest BCUT2D eigenvalue weighted by molar-refractivity contribution is 0.0388. The van der Waals surface area contributed by atoms with Gasteiger partial charge in [-0.15, -0.1) is 0 Å². The molecule has 0 atom stereocenters. The van der Waals surface area contributed by atoms with Crippen LogP contribution in [0.4, 0.5) is 10.6 Å². The molecule has 7 heteroatoms. The summed E-state index contributed by atoms with van der Waals surface area (Å²) in [5.41, 5.74) is 0.881. The number of carbonyl (C=O) groups excluding carboxylic acids is 1. The van der Waals surface area contributed by atoms with Crippen LogP contribution in [0.2, 0.25) is 0 Å². The maximum absolute atomic E-state index is 11.7. The lowest BCUT2D eigenvalue weighted by atomic mass is 10.4. The molecule has 1 aliphatic heterocycles. The molecular formula is C12H21N5O2. The fraction of sp³-hybridized carbons (Fsp3) is 0.667. The van der Waals surface area contributed by atoms with Crippen molar-refractivity contribution in [1.29, 1.82) is 0 Å². The Balaban J connectivity index is 1.68. The molecule has 7 nitrogen and oxygen atoms in total. The van der Waals surface area contributed by atoms with Crippen molar-refractivity contribution in [2.24, 2.45) is 7.05 Å². The highest BCUT2D eigenvalue weighted by Crippen LogP contribution is 2.07. The fourth-order valence-electron chi connectivity index (χ4n) is 2.04. The summed E-state index contributed by atoms with van der Waals surface area (Å²) in [5.74, 6) is 0.696. The van der Waals surface area contributed by atoms with Gasteiger partial charge in [0.15, 0.2) is 0 Å². The quantitative estimate of drug-likeness (QED) is 0.816. The van der Waals surface area contributed by atoms with Gasteiger partial charge in [0.1, 0.15) is 5.82 Å². The van der Waals surface area contributed by atoms with Gasteiger partial charge in [-0.05, 0) is 6.92 Å². The number of aromatic nitrogens is 2. The first kappa shape index (κ1) is 13.8. The number of aryl methyl sites for hydroxylation is 2. The summed E-state index contributed by atoms with van der Waals surface area (Å²) in [4.78, 5) is 14.0. The van der Waals surface area contributed by atoms with E-state index in [9.17, 15) is 4.79 Å². The molecule has 0 unspecified atom stereocenters. The second-order valence-corrected chi connectivity index (χ2v) is 4.63. The Labute approximate surface area is 112 Å². The van der Waals surface area contributed by atoms with E-state index >= 15 is 0 Å². The van der Waals surface area contributed by atoms with Crippen LogP contribution in [-0.2, 0) is 11.8 Å². The van der Waals surface area contributed by atoms with Crippen LogP contribution in [0.25, 0.3) is 0 Å². The zero-order valence-corrected chi connectivity index (χ0v) is 11.5. The van der Waals surface area contributed by atoms with Crippen molar-refractivity contribution in [1.82, 2.24) is 20.0 Å². The van der Waals surface area contributed by atoms with Gasteiger partial charge >= 0.3 is 6.03 Å². The lowest BCUT2D eigenvalue weighted by Crippen LogP contribution is -2.42. The first-order valence-electron chi connectivity index (χ1n) is 6.51. The van der Waals surface area contributed by atoms with E-state index in [2.05, 4.69) is 20.6 Å². The Morgan fingerprint density at radius 2 is 2.21 bits per heavy atom. The van der Waals surface area contributed by atoms with E-state index < -0.39 is 0 Å². The van der Waals surface area contributed by atoms with Crippen LogP contribution in [0, 0.1) is 6.92 Å². The molecule has 106 valence electrons. The zero-order chi connectivity index (χ0) is 13.7. The summed E-state index contributed by atoms with van der Waals surface area (Å²) in [6.07, 6.45) is 0. The molecule has 2 heterocycles. The number of ether oxygens (including phenoxy) is 1. The van der Waals surface area contributed by atoms with Crippen molar-refractivity contribution >= 4 is 11.8 Å². The number of amides is 2. The highest BCUT2D eigenvalue weighted by atomic mass is 16.5. The number of rotatable bonds is 4. The molecule has 1 aliphatic rings. The number of anilines is 1.